The van der Waals surface area contributed by atoms with Crippen LogP contribution in [0.1, 0.15) is 27.7 Å². The molecule has 4 heterocycles. The van der Waals surface area contributed by atoms with Crippen LogP contribution in [0.3, 0.4) is 0 Å². The van der Waals surface area contributed by atoms with Crippen LogP contribution in [0, 0.1) is 20.8 Å². The molecule has 0 bridgehead atoms. The lowest BCUT2D eigenvalue weighted by atomic mass is 10.1. The van der Waals surface area contributed by atoms with E-state index < -0.39 is 0 Å². The van der Waals surface area contributed by atoms with E-state index >= 15 is 0 Å². The van der Waals surface area contributed by atoms with E-state index in [1.165, 1.54) is 0 Å². The van der Waals surface area contributed by atoms with Crippen molar-refractivity contribution in [2.45, 2.75) is 20.8 Å². The Morgan fingerprint density at radius 1 is 1.04 bits per heavy atom. The third-order valence-electron chi connectivity index (χ3n) is 4.67. The number of hydrogen-bond acceptors (Lipinski definition) is 8. The zero-order valence-electron chi connectivity index (χ0n) is 15.5. The average Bonchev–Trinajstić information content (AvgIpc) is 3.27. The van der Waals surface area contributed by atoms with Gasteiger partial charge in [-0.2, -0.15) is 4.98 Å². The Morgan fingerprint density at radius 3 is 2.37 bits per heavy atom. The van der Waals surface area contributed by atoms with Crippen molar-refractivity contribution in [3.63, 3.8) is 0 Å². The van der Waals surface area contributed by atoms with Crippen LogP contribution in [0.4, 0.5) is 5.82 Å². The summed E-state index contributed by atoms with van der Waals surface area (Å²) in [5.74, 6) is 2.45. The molecule has 27 heavy (non-hydrogen) atoms. The predicted octanol–water partition coefficient (Wildman–Crippen LogP) is 2.01. The van der Waals surface area contributed by atoms with E-state index in [0.717, 1.165) is 11.4 Å². The van der Waals surface area contributed by atoms with Crippen LogP contribution in [0.15, 0.2) is 27.4 Å². The molecule has 4 rings (SSSR count). The number of rotatable bonds is 3. The molecule has 0 radical (unpaired) electrons. The van der Waals surface area contributed by atoms with Gasteiger partial charge in [0.25, 0.3) is 5.91 Å². The standard InChI is InChI=1S/C18H20N6O3/c1-11-16(12(2)26-21-11)18(25)24-8-6-23(7-9-24)15-5-4-14(10-19-15)17-20-13(3)27-22-17/h4-5,10H,6-9H2,1-3H3. The summed E-state index contributed by atoms with van der Waals surface area (Å²) >= 11 is 0. The topological polar surface area (TPSA) is 101 Å². The van der Waals surface area contributed by atoms with E-state index in [1.54, 1.807) is 27.0 Å². The fraction of sp³-hybridized carbons (Fsp3) is 0.389. The molecule has 3 aromatic rings. The van der Waals surface area contributed by atoms with Gasteiger partial charge in [-0.05, 0) is 26.0 Å². The molecule has 3 aromatic heterocycles. The Kier molecular flexibility index (Phi) is 4.35. The first-order chi connectivity index (χ1) is 13.0. The molecule has 0 saturated carbocycles. The number of anilines is 1. The van der Waals surface area contributed by atoms with Gasteiger partial charge in [0, 0.05) is 44.9 Å². The number of carbonyl (C=O) groups excluding carboxylic acids is 1. The summed E-state index contributed by atoms with van der Waals surface area (Å²) in [6.45, 7) is 7.97. The number of aryl methyl sites for hydroxylation is 3. The molecule has 0 aromatic carbocycles. The number of hydrogen-bond donors (Lipinski definition) is 0. The summed E-state index contributed by atoms with van der Waals surface area (Å²) in [4.78, 5) is 25.4. The number of carbonyl (C=O) groups is 1. The van der Waals surface area contributed by atoms with Crippen molar-refractivity contribution in [1.29, 1.82) is 0 Å². The maximum Gasteiger partial charge on any atom is 0.259 e. The molecule has 0 atom stereocenters. The normalized spacial score (nSPS) is 14.6. The van der Waals surface area contributed by atoms with Crippen molar-refractivity contribution >= 4 is 11.7 Å². The minimum Gasteiger partial charge on any atom is -0.361 e. The molecular weight excluding hydrogens is 348 g/mol. The lowest BCUT2D eigenvalue weighted by Crippen LogP contribution is -2.49. The molecule has 9 heteroatoms. The minimum atomic E-state index is -0.0262. The van der Waals surface area contributed by atoms with Gasteiger partial charge in [0.2, 0.25) is 11.7 Å². The van der Waals surface area contributed by atoms with Gasteiger partial charge < -0.3 is 18.8 Å². The van der Waals surface area contributed by atoms with Crippen molar-refractivity contribution in [1.82, 2.24) is 25.2 Å². The SMILES string of the molecule is Cc1nc(-c2ccc(N3CCN(C(=O)c4c(C)noc4C)CC3)nc2)no1. The smallest absolute Gasteiger partial charge is 0.259 e. The van der Waals surface area contributed by atoms with Gasteiger partial charge in [-0.3, -0.25) is 4.79 Å². The number of amides is 1. The van der Waals surface area contributed by atoms with Gasteiger partial charge in [0.15, 0.2) is 0 Å². The van der Waals surface area contributed by atoms with Crippen molar-refractivity contribution in [3.05, 3.63) is 41.2 Å². The lowest BCUT2D eigenvalue weighted by molar-refractivity contribution is 0.0744. The number of pyridine rings is 1. The van der Waals surface area contributed by atoms with Gasteiger partial charge in [0.05, 0.1) is 5.69 Å². The fourth-order valence-corrected chi connectivity index (χ4v) is 3.21. The van der Waals surface area contributed by atoms with Crippen molar-refractivity contribution in [3.8, 4) is 11.4 Å². The summed E-state index contributed by atoms with van der Waals surface area (Å²) in [5, 5.41) is 7.77. The molecule has 1 aliphatic heterocycles. The van der Waals surface area contributed by atoms with Gasteiger partial charge in [0.1, 0.15) is 17.1 Å². The van der Waals surface area contributed by atoms with Crippen LogP contribution in [0.2, 0.25) is 0 Å². The van der Waals surface area contributed by atoms with Crippen LogP contribution in [0.25, 0.3) is 11.4 Å². The first-order valence-electron chi connectivity index (χ1n) is 8.77. The third-order valence-corrected chi connectivity index (χ3v) is 4.67. The third kappa shape index (κ3) is 3.27. The Hall–Kier alpha value is -3.23. The number of aromatic nitrogens is 4. The largest absolute Gasteiger partial charge is 0.361 e. The Bertz CT molecular complexity index is 934. The van der Waals surface area contributed by atoms with E-state index in [-0.39, 0.29) is 5.91 Å². The quantitative estimate of drug-likeness (QED) is 0.692. The van der Waals surface area contributed by atoms with Crippen LogP contribution < -0.4 is 4.90 Å². The molecule has 1 aliphatic rings. The van der Waals surface area contributed by atoms with Crippen molar-refractivity contribution in [2.24, 2.45) is 0 Å². The highest BCUT2D eigenvalue weighted by atomic mass is 16.5. The maximum atomic E-state index is 12.7. The van der Waals surface area contributed by atoms with Crippen molar-refractivity contribution < 1.29 is 13.8 Å². The molecule has 1 fully saturated rings. The predicted molar refractivity (Wildman–Crippen MR) is 96.4 cm³/mol. The van der Waals surface area contributed by atoms with E-state index in [4.69, 9.17) is 9.05 Å². The second kappa shape index (κ2) is 6.82. The van der Waals surface area contributed by atoms with Crippen LogP contribution in [0.5, 0.6) is 0 Å². The lowest BCUT2D eigenvalue weighted by Gasteiger charge is -2.35. The Labute approximate surface area is 156 Å². The van der Waals surface area contributed by atoms with Crippen LogP contribution in [-0.4, -0.2) is 57.3 Å². The first-order valence-corrected chi connectivity index (χ1v) is 8.77. The molecular formula is C18H20N6O3. The monoisotopic (exact) mass is 368 g/mol. The second-order valence-corrected chi connectivity index (χ2v) is 6.52. The highest BCUT2D eigenvalue weighted by Gasteiger charge is 2.27. The summed E-state index contributed by atoms with van der Waals surface area (Å²) in [6, 6.07) is 3.86. The summed E-state index contributed by atoms with van der Waals surface area (Å²) in [7, 11) is 0. The fourth-order valence-electron chi connectivity index (χ4n) is 3.21. The zero-order valence-corrected chi connectivity index (χ0v) is 15.5. The molecule has 1 amide bonds. The van der Waals surface area contributed by atoms with Crippen LogP contribution >= 0.6 is 0 Å². The Balaban J connectivity index is 1.41. The van der Waals surface area contributed by atoms with Gasteiger partial charge >= 0.3 is 0 Å². The molecule has 0 unspecified atom stereocenters. The molecule has 9 nitrogen and oxygen atoms in total. The van der Waals surface area contributed by atoms with Crippen LogP contribution in [-0.2, 0) is 0 Å². The average molecular weight is 368 g/mol. The first kappa shape index (κ1) is 17.2. The molecule has 0 spiro atoms. The Morgan fingerprint density at radius 2 is 1.81 bits per heavy atom. The van der Waals surface area contributed by atoms with E-state index in [9.17, 15) is 4.79 Å². The van der Waals surface area contributed by atoms with Gasteiger partial charge in [-0.15, -0.1) is 0 Å². The highest BCUT2D eigenvalue weighted by Crippen LogP contribution is 2.21. The van der Waals surface area contributed by atoms with Crippen molar-refractivity contribution in [2.75, 3.05) is 31.1 Å². The maximum absolute atomic E-state index is 12.7. The number of piperazine rings is 1. The summed E-state index contributed by atoms with van der Waals surface area (Å²) < 4.78 is 10.1. The molecule has 0 aliphatic carbocycles. The zero-order chi connectivity index (χ0) is 19.0. The van der Waals surface area contributed by atoms with E-state index in [2.05, 4.69) is 25.2 Å². The second-order valence-electron chi connectivity index (χ2n) is 6.52. The molecule has 1 saturated heterocycles. The van der Waals surface area contributed by atoms with Gasteiger partial charge in [-0.1, -0.05) is 10.3 Å². The summed E-state index contributed by atoms with van der Waals surface area (Å²) in [6.07, 6.45) is 1.74. The highest BCUT2D eigenvalue weighted by molar-refractivity contribution is 5.96. The van der Waals surface area contributed by atoms with Gasteiger partial charge in [-0.25, -0.2) is 4.98 Å². The summed E-state index contributed by atoms with van der Waals surface area (Å²) in [5.41, 5.74) is 2.01. The molecule has 0 N–H and O–H groups in total. The number of nitrogens with zero attached hydrogens (tertiary/aromatic N) is 6. The minimum absolute atomic E-state index is 0.0262. The van der Waals surface area contributed by atoms with E-state index in [1.807, 2.05) is 17.0 Å². The van der Waals surface area contributed by atoms with E-state index in [0.29, 0.717) is 54.9 Å². The molecule has 140 valence electrons.